The van der Waals surface area contributed by atoms with Crippen molar-refractivity contribution < 1.29 is 36.3 Å². The van der Waals surface area contributed by atoms with Crippen LogP contribution in [0.2, 0.25) is 0 Å². The Balaban J connectivity index is 2.07. The number of anilines is 2. The number of halogens is 5. The highest BCUT2D eigenvalue weighted by atomic mass is 19.2. The van der Waals surface area contributed by atoms with Crippen molar-refractivity contribution in [3.63, 3.8) is 0 Å². The van der Waals surface area contributed by atoms with Crippen molar-refractivity contribution in [2.75, 3.05) is 17.3 Å². The molecule has 0 heterocycles. The molecule has 0 bridgehead atoms. The Morgan fingerprint density at radius 3 is 1.93 bits per heavy atom. The van der Waals surface area contributed by atoms with Crippen LogP contribution in [-0.4, -0.2) is 18.6 Å². The van der Waals surface area contributed by atoms with Crippen LogP contribution < -0.4 is 16.2 Å². The first-order chi connectivity index (χ1) is 12.8. The van der Waals surface area contributed by atoms with Crippen LogP contribution in [0.4, 0.5) is 38.1 Å². The first kappa shape index (κ1) is 19.9. The Bertz CT molecular complexity index is 846. The summed E-state index contributed by atoms with van der Waals surface area (Å²) in [6.45, 7) is 1.78. The molecule has 11 heteroatoms. The number of carbonyl (C=O) groups excluding carboxylic acids is 2. The fourth-order valence-corrected chi connectivity index (χ4v) is 1.90. The average molecular weight is 389 g/mol. The fourth-order valence-electron chi connectivity index (χ4n) is 1.90. The summed E-state index contributed by atoms with van der Waals surface area (Å²) in [6.07, 6.45) is -0.706. The maximum Gasteiger partial charge on any atom is 0.411 e. The zero-order chi connectivity index (χ0) is 20.1. The fraction of sp³-hybridized carbons (Fsp3) is 0.125. The number of hydrogen-bond acceptors (Lipinski definition) is 4. The standard InChI is InChI=1S/C16H12F5N3O3/c1-2-27-16(26)22-8-5-3-7(4-6-8)15(25)24-23-14-12(20)10(18)9(17)11(19)13(14)21/h3-6,23H,2H2,1H3,(H,22,26)(H,24,25). The summed E-state index contributed by atoms with van der Waals surface area (Å²) in [4.78, 5) is 23.2. The normalized spacial score (nSPS) is 10.3. The van der Waals surface area contributed by atoms with E-state index >= 15 is 0 Å². The Morgan fingerprint density at radius 1 is 0.889 bits per heavy atom. The largest absolute Gasteiger partial charge is 0.450 e. The van der Waals surface area contributed by atoms with Gasteiger partial charge >= 0.3 is 6.09 Å². The van der Waals surface area contributed by atoms with Gasteiger partial charge in [-0.15, -0.1) is 0 Å². The van der Waals surface area contributed by atoms with E-state index in [1.807, 2.05) is 5.43 Å². The number of ether oxygens (including phenoxy) is 1. The first-order valence-corrected chi connectivity index (χ1v) is 7.37. The van der Waals surface area contributed by atoms with Gasteiger partial charge in [-0.25, -0.2) is 26.7 Å². The minimum Gasteiger partial charge on any atom is -0.450 e. The van der Waals surface area contributed by atoms with Gasteiger partial charge in [0.2, 0.25) is 5.82 Å². The third-order valence-electron chi connectivity index (χ3n) is 3.18. The molecule has 2 amide bonds. The summed E-state index contributed by atoms with van der Waals surface area (Å²) < 4.78 is 70.8. The van der Waals surface area contributed by atoms with Gasteiger partial charge in [0.25, 0.3) is 5.91 Å². The number of hydrogen-bond donors (Lipinski definition) is 3. The smallest absolute Gasteiger partial charge is 0.411 e. The molecule has 0 aliphatic rings. The molecular formula is C16H12F5N3O3. The van der Waals surface area contributed by atoms with E-state index in [1.54, 1.807) is 12.3 Å². The van der Waals surface area contributed by atoms with Crippen molar-refractivity contribution in [1.82, 2.24) is 5.43 Å². The number of carbonyl (C=O) groups is 2. The van der Waals surface area contributed by atoms with Gasteiger partial charge in [-0.05, 0) is 31.2 Å². The predicted octanol–water partition coefficient (Wildman–Crippen LogP) is 3.71. The number of rotatable bonds is 5. The van der Waals surface area contributed by atoms with Crippen LogP contribution in [0.15, 0.2) is 24.3 Å². The summed E-state index contributed by atoms with van der Waals surface area (Å²) in [7, 11) is 0. The summed E-state index contributed by atoms with van der Waals surface area (Å²) in [5.74, 6) is -11.8. The lowest BCUT2D eigenvalue weighted by molar-refractivity contribution is 0.0962. The molecule has 0 aliphatic carbocycles. The lowest BCUT2D eigenvalue weighted by Gasteiger charge is -2.12. The molecule has 6 nitrogen and oxygen atoms in total. The van der Waals surface area contributed by atoms with Crippen LogP contribution in [-0.2, 0) is 4.74 Å². The SMILES string of the molecule is CCOC(=O)Nc1ccc(C(=O)NNc2c(F)c(F)c(F)c(F)c2F)cc1. The van der Waals surface area contributed by atoms with Gasteiger partial charge in [0.1, 0.15) is 5.69 Å². The molecular weight excluding hydrogens is 377 g/mol. The van der Waals surface area contributed by atoms with Crippen molar-refractivity contribution >= 4 is 23.4 Å². The van der Waals surface area contributed by atoms with Crippen molar-refractivity contribution in [1.29, 1.82) is 0 Å². The third kappa shape index (κ3) is 4.43. The molecule has 3 N–H and O–H groups in total. The van der Waals surface area contributed by atoms with Crippen LogP contribution in [0.1, 0.15) is 17.3 Å². The van der Waals surface area contributed by atoms with E-state index in [-0.39, 0.29) is 12.2 Å². The molecule has 0 radical (unpaired) electrons. The molecule has 0 atom stereocenters. The van der Waals surface area contributed by atoms with E-state index in [9.17, 15) is 31.5 Å². The number of amides is 2. The minimum atomic E-state index is -2.31. The van der Waals surface area contributed by atoms with Crippen LogP contribution >= 0.6 is 0 Å². The van der Waals surface area contributed by atoms with E-state index in [0.29, 0.717) is 5.69 Å². The second-order valence-corrected chi connectivity index (χ2v) is 4.95. The molecule has 144 valence electrons. The molecule has 0 saturated carbocycles. The summed E-state index contributed by atoms with van der Waals surface area (Å²) >= 11 is 0. The molecule has 0 aromatic heterocycles. The van der Waals surface area contributed by atoms with Gasteiger partial charge in [0.05, 0.1) is 6.61 Å². The predicted molar refractivity (Wildman–Crippen MR) is 84.4 cm³/mol. The third-order valence-corrected chi connectivity index (χ3v) is 3.18. The zero-order valence-corrected chi connectivity index (χ0v) is 13.6. The van der Waals surface area contributed by atoms with Crippen LogP contribution in [0.25, 0.3) is 0 Å². The average Bonchev–Trinajstić information content (AvgIpc) is 2.65. The van der Waals surface area contributed by atoms with Gasteiger partial charge in [-0.2, -0.15) is 0 Å². The minimum absolute atomic E-state index is 0.0271. The van der Waals surface area contributed by atoms with Crippen molar-refractivity contribution in [2.45, 2.75) is 6.92 Å². The molecule has 0 spiro atoms. The molecule has 0 unspecified atom stereocenters. The van der Waals surface area contributed by atoms with Crippen molar-refractivity contribution in [3.8, 4) is 0 Å². The van der Waals surface area contributed by atoms with Gasteiger partial charge in [0, 0.05) is 11.3 Å². The molecule has 0 saturated heterocycles. The summed E-state index contributed by atoms with van der Waals surface area (Å²) in [5.41, 5.74) is 2.35. The van der Waals surface area contributed by atoms with E-state index in [2.05, 4.69) is 10.1 Å². The Morgan fingerprint density at radius 2 is 1.41 bits per heavy atom. The topological polar surface area (TPSA) is 79.5 Å². The lowest BCUT2D eigenvalue weighted by atomic mass is 10.2. The Kier molecular flexibility index (Phi) is 6.16. The molecule has 2 rings (SSSR count). The maximum atomic E-state index is 13.5. The van der Waals surface area contributed by atoms with E-state index in [1.165, 1.54) is 24.3 Å². The number of nitrogens with one attached hydrogen (secondary N) is 3. The summed E-state index contributed by atoms with van der Waals surface area (Å²) in [6, 6.07) is 5.17. The highest BCUT2D eigenvalue weighted by Crippen LogP contribution is 2.26. The van der Waals surface area contributed by atoms with E-state index in [0.717, 1.165) is 0 Å². The van der Waals surface area contributed by atoms with Gasteiger partial charge in [0.15, 0.2) is 23.3 Å². The van der Waals surface area contributed by atoms with Crippen LogP contribution in [0.3, 0.4) is 0 Å². The van der Waals surface area contributed by atoms with Crippen LogP contribution in [0, 0.1) is 29.1 Å². The number of hydrazine groups is 1. The van der Waals surface area contributed by atoms with Crippen molar-refractivity contribution in [2.24, 2.45) is 0 Å². The second kappa shape index (κ2) is 8.34. The Hall–Kier alpha value is -3.37. The van der Waals surface area contributed by atoms with E-state index < -0.39 is 46.8 Å². The van der Waals surface area contributed by atoms with E-state index in [4.69, 9.17) is 0 Å². The Labute approximate surface area is 149 Å². The first-order valence-electron chi connectivity index (χ1n) is 7.37. The quantitative estimate of drug-likeness (QED) is 0.315. The molecule has 2 aromatic rings. The zero-order valence-electron chi connectivity index (χ0n) is 13.6. The maximum absolute atomic E-state index is 13.5. The lowest BCUT2D eigenvalue weighted by Crippen LogP contribution is -2.31. The van der Waals surface area contributed by atoms with Gasteiger partial charge in [-0.1, -0.05) is 0 Å². The number of benzene rings is 2. The highest BCUT2D eigenvalue weighted by Gasteiger charge is 2.26. The second-order valence-electron chi connectivity index (χ2n) is 4.95. The van der Waals surface area contributed by atoms with Crippen molar-refractivity contribution in [3.05, 3.63) is 58.9 Å². The van der Waals surface area contributed by atoms with Gasteiger partial charge in [-0.3, -0.25) is 21.0 Å². The molecule has 27 heavy (non-hydrogen) atoms. The molecule has 0 aliphatic heterocycles. The highest BCUT2D eigenvalue weighted by molar-refractivity contribution is 5.95. The molecule has 2 aromatic carbocycles. The summed E-state index contributed by atoms with van der Waals surface area (Å²) in [5, 5.41) is 2.37. The monoisotopic (exact) mass is 389 g/mol. The van der Waals surface area contributed by atoms with Crippen LogP contribution in [0.5, 0.6) is 0 Å². The molecule has 0 fully saturated rings. The van der Waals surface area contributed by atoms with Gasteiger partial charge < -0.3 is 4.74 Å².